The fourth-order valence-electron chi connectivity index (χ4n) is 1.21. The lowest BCUT2D eigenvalue weighted by Crippen LogP contribution is -2.26. The molecule has 2 aromatic heterocycles. The van der Waals surface area contributed by atoms with Crippen LogP contribution in [0.15, 0.2) is 21.8 Å². The van der Waals surface area contributed by atoms with Crippen LogP contribution in [0.5, 0.6) is 0 Å². The SMILES string of the molecule is Cc1nc(CCNS(=O)(=O)c2ccn[nH]2)no1. The van der Waals surface area contributed by atoms with E-state index in [1.54, 1.807) is 6.92 Å². The van der Waals surface area contributed by atoms with Gasteiger partial charge in [-0.05, 0) is 6.07 Å². The quantitative estimate of drug-likeness (QED) is 0.754. The molecule has 0 aliphatic carbocycles. The molecule has 0 unspecified atom stereocenters. The van der Waals surface area contributed by atoms with Gasteiger partial charge in [0.15, 0.2) is 10.9 Å². The van der Waals surface area contributed by atoms with E-state index in [-0.39, 0.29) is 11.6 Å². The molecule has 92 valence electrons. The van der Waals surface area contributed by atoms with Crippen LogP contribution in [0.3, 0.4) is 0 Å². The Morgan fingerprint density at radius 2 is 2.35 bits per heavy atom. The lowest BCUT2D eigenvalue weighted by molar-refractivity contribution is 0.387. The van der Waals surface area contributed by atoms with Gasteiger partial charge in [-0.15, -0.1) is 0 Å². The third kappa shape index (κ3) is 2.88. The molecule has 0 amide bonds. The zero-order valence-electron chi connectivity index (χ0n) is 9.04. The van der Waals surface area contributed by atoms with E-state index in [4.69, 9.17) is 4.52 Å². The third-order valence-corrected chi connectivity index (χ3v) is 3.37. The summed E-state index contributed by atoms with van der Waals surface area (Å²) in [6.45, 7) is 1.87. The van der Waals surface area contributed by atoms with Crippen LogP contribution in [0.1, 0.15) is 11.7 Å². The van der Waals surface area contributed by atoms with Crippen molar-refractivity contribution < 1.29 is 12.9 Å². The molecule has 0 spiro atoms. The number of hydrogen-bond acceptors (Lipinski definition) is 6. The topological polar surface area (TPSA) is 114 Å². The van der Waals surface area contributed by atoms with Crippen LogP contribution in [0.25, 0.3) is 0 Å². The molecule has 0 saturated heterocycles. The summed E-state index contributed by atoms with van der Waals surface area (Å²) in [5.74, 6) is 0.922. The average Bonchev–Trinajstić information content (AvgIpc) is 2.89. The number of nitrogens with zero attached hydrogens (tertiary/aromatic N) is 3. The zero-order chi connectivity index (χ0) is 12.3. The molecule has 0 saturated carbocycles. The van der Waals surface area contributed by atoms with Crippen molar-refractivity contribution in [2.75, 3.05) is 6.54 Å². The van der Waals surface area contributed by atoms with E-state index in [1.807, 2.05) is 0 Å². The van der Waals surface area contributed by atoms with Gasteiger partial charge in [-0.3, -0.25) is 5.10 Å². The molecule has 0 aromatic carbocycles. The van der Waals surface area contributed by atoms with Crippen LogP contribution in [-0.4, -0.2) is 35.3 Å². The Hall–Kier alpha value is -1.74. The largest absolute Gasteiger partial charge is 0.340 e. The molecule has 2 N–H and O–H groups in total. The van der Waals surface area contributed by atoms with E-state index < -0.39 is 10.0 Å². The van der Waals surface area contributed by atoms with Crippen molar-refractivity contribution in [3.8, 4) is 0 Å². The van der Waals surface area contributed by atoms with E-state index >= 15 is 0 Å². The van der Waals surface area contributed by atoms with E-state index in [0.717, 1.165) is 0 Å². The maximum absolute atomic E-state index is 11.6. The number of H-pyrrole nitrogens is 1. The second-order valence-corrected chi connectivity index (χ2v) is 5.03. The van der Waals surface area contributed by atoms with E-state index in [2.05, 4.69) is 25.1 Å². The van der Waals surface area contributed by atoms with Crippen molar-refractivity contribution in [3.05, 3.63) is 24.0 Å². The Labute approximate surface area is 97.5 Å². The Balaban J connectivity index is 1.91. The van der Waals surface area contributed by atoms with Crippen molar-refractivity contribution in [2.45, 2.75) is 18.4 Å². The highest BCUT2D eigenvalue weighted by molar-refractivity contribution is 7.89. The van der Waals surface area contributed by atoms with Gasteiger partial charge in [0.25, 0.3) is 10.0 Å². The molecular formula is C8H11N5O3S. The predicted molar refractivity (Wildman–Crippen MR) is 56.5 cm³/mol. The number of hydrogen-bond donors (Lipinski definition) is 2. The molecule has 2 rings (SSSR count). The van der Waals surface area contributed by atoms with Crippen LogP contribution < -0.4 is 4.72 Å². The number of nitrogens with one attached hydrogen (secondary N) is 2. The maximum Gasteiger partial charge on any atom is 0.257 e. The number of aromatic nitrogens is 4. The van der Waals surface area contributed by atoms with Gasteiger partial charge >= 0.3 is 0 Å². The first kappa shape index (κ1) is 11.7. The molecule has 2 aromatic rings. The monoisotopic (exact) mass is 257 g/mol. The van der Waals surface area contributed by atoms with E-state index in [1.165, 1.54) is 12.3 Å². The fourth-order valence-corrected chi connectivity index (χ4v) is 2.15. The Bertz CT molecular complexity index is 574. The molecule has 8 nitrogen and oxygen atoms in total. The van der Waals surface area contributed by atoms with Crippen LogP contribution in [0, 0.1) is 6.92 Å². The second-order valence-electron chi connectivity index (χ2n) is 3.30. The minimum Gasteiger partial charge on any atom is -0.340 e. The van der Waals surface area contributed by atoms with Crippen molar-refractivity contribution >= 4 is 10.0 Å². The molecular weight excluding hydrogens is 246 g/mol. The van der Waals surface area contributed by atoms with Gasteiger partial charge in [-0.2, -0.15) is 10.1 Å². The zero-order valence-corrected chi connectivity index (χ0v) is 9.86. The summed E-state index contributed by atoms with van der Waals surface area (Å²) in [6.07, 6.45) is 1.74. The van der Waals surface area contributed by atoms with Crippen molar-refractivity contribution in [1.82, 2.24) is 25.1 Å². The Kier molecular flexibility index (Phi) is 3.20. The summed E-state index contributed by atoms with van der Waals surface area (Å²) in [7, 11) is -3.53. The molecule has 17 heavy (non-hydrogen) atoms. The molecule has 0 aliphatic rings. The van der Waals surface area contributed by atoms with Gasteiger partial charge in [0.2, 0.25) is 5.89 Å². The number of aromatic amines is 1. The first-order valence-corrected chi connectivity index (χ1v) is 6.34. The van der Waals surface area contributed by atoms with Gasteiger partial charge in [0.05, 0.1) is 6.20 Å². The molecule has 9 heteroatoms. The van der Waals surface area contributed by atoms with Gasteiger partial charge in [0, 0.05) is 19.9 Å². The van der Waals surface area contributed by atoms with Gasteiger partial charge < -0.3 is 4.52 Å². The first-order valence-electron chi connectivity index (χ1n) is 4.86. The highest BCUT2D eigenvalue weighted by Gasteiger charge is 2.14. The Morgan fingerprint density at radius 1 is 1.53 bits per heavy atom. The summed E-state index contributed by atoms with van der Waals surface area (Å²) < 4.78 is 30.4. The van der Waals surface area contributed by atoms with Gasteiger partial charge in [-0.1, -0.05) is 5.16 Å². The summed E-state index contributed by atoms with van der Waals surface area (Å²) in [5, 5.41) is 9.64. The van der Waals surface area contributed by atoms with Gasteiger partial charge in [-0.25, -0.2) is 13.1 Å². The fraction of sp³-hybridized carbons (Fsp3) is 0.375. The van der Waals surface area contributed by atoms with Crippen LogP contribution >= 0.6 is 0 Å². The highest BCUT2D eigenvalue weighted by atomic mass is 32.2. The predicted octanol–water partition coefficient (Wildman–Crippen LogP) is -0.378. The lowest BCUT2D eigenvalue weighted by atomic mass is 10.4. The number of aryl methyl sites for hydroxylation is 1. The molecule has 2 heterocycles. The highest BCUT2D eigenvalue weighted by Crippen LogP contribution is 2.02. The molecule has 0 atom stereocenters. The normalized spacial score (nSPS) is 11.8. The summed E-state index contributed by atoms with van der Waals surface area (Å²) >= 11 is 0. The van der Waals surface area contributed by atoms with Crippen molar-refractivity contribution in [2.24, 2.45) is 0 Å². The van der Waals surface area contributed by atoms with Crippen molar-refractivity contribution in [1.29, 1.82) is 0 Å². The number of rotatable bonds is 5. The summed E-state index contributed by atoms with van der Waals surface area (Å²) in [5.41, 5.74) is 0. The van der Waals surface area contributed by atoms with E-state index in [0.29, 0.717) is 18.1 Å². The standard InChI is InChI=1S/C8H11N5O3S/c1-6-11-7(13-16-6)2-5-10-17(14,15)8-3-4-9-12-8/h3-4,10H,2,5H2,1H3,(H,9,12). The maximum atomic E-state index is 11.6. The molecule has 0 radical (unpaired) electrons. The van der Waals surface area contributed by atoms with Crippen LogP contribution in [-0.2, 0) is 16.4 Å². The van der Waals surface area contributed by atoms with Gasteiger partial charge in [0.1, 0.15) is 0 Å². The lowest BCUT2D eigenvalue weighted by Gasteiger charge is -2.01. The molecule has 0 aliphatic heterocycles. The average molecular weight is 257 g/mol. The minimum absolute atomic E-state index is 0.0294. The first-order chi connectivity index (χ1) is 8.08. The smallest absolute Gasteiger partial charge is 0.257 e. The van der Waals surface area contributed by atoms with Crippen LogP contribution in [0.4, 0.5) is 0 Å². The summed E-state index contributed by atoms with van der Waals surface area (Å²) in [4.78, 5) is 3.96. The molecule has 0 bridgehead atoms. The van der Waals surface area contributed by atoms with E-state index in [9.17, 15) is 8.42 Å². The summed E-state index contributed by atoms with van der Waals surface area (Å²) in [6, 6.07) is 1.38. The minimum atomic E-state index is -3.53. The van der Waals surface area contributed by atoms with Crippen molar-refractivity contribution in [3.63, 3.8) is 0 Å². The second kappa shape index (κ2) is 4.63. The number of sulfonamides is 1. The molecule has 0 fully saturated rings. The Morgan fingerprint density at radius 3 is 2.94 bits per heavy atom. The van der Waals surface area contributed by atoms with Crippen LogP contribution in [0.2, 0.25) is 0 Å². The third-order valence-electron chi connectivity index (χ3n) is 1.98.